The van der Waals surface area contributed by atoms with Crippen LogP contribution in [0.4, 0.5) is 5.13 Å². The van der Waals surface area contributed by atoms with E-state index in [1.807, 2.05) is 23.6 Å². The smallest absolute Gasteiger partial charge is 0.192 e. The molecule has 1 saturated heterocycles. The molecule has 1 aliphatic rings. The van der Waals surface area contributed by atoms with Crippen LogP contribution in [0.5, 0.6) is 5.75 Å². The van der Waals surface area contributed by atoms with Crippen LogP contribution < -0.4 is 9.46 Å². The fourth-order valence-corrected chi connectivity index (χ4v) is 5.07. The van der Waals surface area contributed by atoms with E-state index in [1.54, 1.807) is 17.5 Å². The molecule has 1 unspecified atom stereocenters. The van der Waals surface area contributed by atoms with Gasteiger partial charge >= 0.3 is 0 Å². The average Bonchev–Trinajstić information content (AvgIpc) is 3.28. The van der Waals surface area contributed by atoms with Crippen molar-refractivity contribution in [3.63, 3.8) is 0 Å². The highest BCUT2D eigenvalue weighted by Crippen LogP contribution is 2.33. The normalized spacial score (nSPS) is 16.5. The molecule has 1 N–H and O–H groups in total. The molecule has 0 bridgehead atoms. The van der Waals surface area contributed by atoms with E-state index in [2.05, 4.69) is 51.9 Å². The maximum atomic E-state index is 6.48. The van der Waals surface area contributed by atoms with E-state index >= 15 is 0 Å². The van der Waals surface area contributed by atoms with Gasteiger partial charge in [-0.1, -0.05) is 41.9 Å². The number of piperidine rings is 1. The number of rotatable bonds is 7. The fourth-order valence-electron chi connectivity index (χ4n) is 3.52. The van der Waals surface area contributed by atoms with Gasteiger partial charge in [0.15, 0.2) is 5.13 Å². The lowest BCUT2D eigenvalue weighted by atomic mass is 10.0. The van der Waals surface area contributed by atoms with Crippen LogP contribution in [-0.4, -0.2) is 29.1 Å². The lowest BCUT2D eigenvalue weighted by molar-refractivity contribution is 0.0797. The molecule has 4 nitrogen and oxygen atoms in total. The zero-order valence-corrected chi connectivity index (χ0v) is 18.6. The summed E-state index contributed by atoms with van der Waals surface area (Å²) in [4.78, 5) is 7.77. The first-order valence-corrected chi connectivity index (χ1v) is 11.8. The summed E-state index contributed by atoms with van der Waals surface area (Å²) in [6, 6.07) is 17.1. The zero-order chi connectivity index (χ0) is 20.1. The first-order valence-electron chi connectivity index (χ1n) is 9.76. The third kappa shape index (κ3) is 5.45. The summed E-state index contributed by atoms with van der Waals surface area (Å²) in [5, 5.41) is 3.47. The van der Waals surface area contributed by atoms with Crippen LogP contribution in [0.3, 0.4) is 0 Å². The molecular formula is C22H24ClN3OS2. The molecule has 1 atom stereocenters. The molecule has 0 radical (unpaired) electrons. The van der Waals surface area contributed by atoms with Crippen LogP contribution in [0.2, 0.25) is 5.02 Å². The van der Waals surface area contributed by atoms with Gasteiger partial charge in [-0.3, -0.25) is 4.90 Å². The first kappa shape index (κ1) is 20.5. The maximum Gasteiger partial charge on any atom is 0.192 e. The maximum absolute atomic E-state index is 6.48. The number of thiazole rings is 1. The predicted octanol–water partition coefficient (Wildman–Crippen LogP) is 6.52. The van der Waals surface area contributed by atoms with Crippen LogP contribution in [0.15, 0.2) is 65.0 Å². The van der Waals surface area contributed by atoms with Crippen molar-refractivity contribution in [3.05, 3.63) is 70.7 Å². The minimum atomic E-state index is 0.207. The van der Waals surface area contributed by atoms with Gasteiger partial charge in [-0.15, -0.1) is 11.3 Å². The van der Waals surface area contributed by atoms with Crippen molar-refractivity contribution in [2.24, 2.45) is 0 Å². The molecule has 0 aliphatic carbocycles. The number of hydrogen-bond acceptors (Lipinski definition) is 6. The highest BCUT2D eigenvalue weighted by molar-refractivity contribution is 8.00. The Labute approximate surface area is 185 Å². The Kier molecular flexibility index (Phi) is 6.98. The number of ether oxygens (including phenoxy) is 1. The molecule has 1 aliphatic heterocycles. The molecule has 0 spiro atoms. The van der Waals surface area contributed by atoms with Crippen molar-refractivity contribution in [1.82, 2.24) is 9.88 Å². The van der Waals surface area contributed by atoms with E-state index < -0.39 is 0 Å². The second-order valence-electron chi connectivity index (χ2n) is 7.07. The van der Waals surface area contributed by atoms with E-state index in [9.17, 15) is 0 Å². The number of anilines is 1. The minimum absolute atomic E-state index is 0.207. The molecule has 0 saturated carbocycles. The van der Waals surface area contributed by atoms with Crippen LogP contribution in [0.1, 0.15) is 31.4 Å². The van der Waals surface area contributed by atoms with E-state index in [4.69, 9.17) is 16.3 Å². The summed E-state index contributed by atoms with van der Waals surface area (Å²) in [5.74, 6) is 0.764. The summed E-state index contributed by atoms with van der Waals surface area (Å²) in [5.41, 5.74) is 1.37. The third-order valence-electron chi connectivity index (χ3n) is 5.19. The van der Waals surface area contributed by atoms with Crippen LogP contribution in [-0.2, 0) is 0 Å². The second kappa shape index (κ2) is 9.85. The molecule has 4 rings (SSSR count). The summed E-state index contributed by atoms with van der Waals surface area (Å²) >= 11 is 9.55. The topological polar surface area (TPSA) is 37.4 Å². The van der Waals surface area contributed by atoms with Gasteiger partial charge in [0.2, 0.25) is 0 Å². The SMILES string of the molecule is CC(c1ccccc1)N1CCC(Oc2ccc(SNc3nccs3)cc2Cl)CC1. The van der Waals surface area contributed by atoms with Gasteiger partial charge in [0.1, 0.15) is 11.9 Å². The molecule has 2 heterocycles. The highest BCUT2D eigenvalue weighted by Gasteiger charge is 2.25. The quantitative estimate of drug-likeness (QED) is 0.419. The molecular weight excluding hydrogens is 422 g/mol. The Balaban J connectivity index is 1.29. The van der Waals surface area contributed by atoms with Crippen LogP contribution in [0, 0.1) is 0 Å². The fraction of sp³-hybridized carbons (Fsp3) is 0.318. The molecule has 1 aromatic heterocycles. The molecule has 3 aromatic rings. The Morgan fingerprint density at radius 2 is 2.00 bits per heavy atom. The van der Waals surface area contributed by atoms with E-state index in [1.165, 1.54) is 17.5 Å². The Hall–Kier alpha value is -1.73. The van der Waals surface area contributed by atoms with Gasteiger partial charge in [-0.05, 0) is 55.5 Å². The number of aromatic nitrogens is 1. The van der Waals surface area contributed by atoms with E-state index in [0.29, 0.717) is 11.1 Å². The number of nitrogens with zero attached hydrogens (tertiary/aromatic N) is 2. The van der Waals surface area contributed by atoms with Crippen LogP contribution >= 0.6 is 34.9 Å². The predicted molar refractivity (Wildman–Crippen MR) is 123 cm³/mol. The molecule has 0 amide bonds. The molecule has 1 fully saturated rings. The number of halogens is 1. The van der Waals surface area contributed by atoms with Crippen LogP contribution in [0.25, 0.3) is 0 Å². The first-order chi connectivity index (χ1) is 14.2. The van der Waals surface area contributed by atoms with Gasteiger partial charge in [0, 0.05) is 35.6 Å². The summed E-state index contributed by atoms with van der Waals surface area (Å²) < 4.78 is 9.44. The summed E-state index contributed by atoms with van der Waals surface area (Å²) in [7, 11) is 0. The largest absolute Gasteiger partial charge is 0.489 e. The van der Waals surface area contributed by atoms with Crippen molar-refractivity contribution >= 4 is 40.0 Å². The Morgan fingerprint density at radius 3 is 2.69 bits per heavy atom. The van der Waals surface area contributed by atoms with Gasteiger partial charge in [0.25, 0.3) is 0 Å². The van der Waals surface area contributed by atoms with Gasteiger partial charge < -0.3 is 9.46 Å². The number of benzene rings is 2. The van der Waals surface area contributed by atoms with Crippen molar-refractivity contribution in [3.8, 4) is 5.75 Å². The summed E-state index contributed by atoms with van der Waals surface area (Å²) in [6.45, 7) is 4.34. The second-order valence-corrected chi connectivity index (χ2v) is 9.25. The monoisotopic (exact) mass is 445 g/mol. The molecule has 29 heavy (non-hydrogen) atoms. The van der Waals surface area contributed by atoms with Gasteiger partial charge in [0.05, 0.1) is 5.02 Å². The number of nitrogens with one attached hydrogen (secondary N) is 1. The Morgan fingerprint density at radius 1 is 1.21 bits per heavy atom. The number of hydrogen-bond donors (Lipinski definition) is 1. The molecule has 7 heteroatoms. The number of likely N-dealkylation sites (tertiary alicyclic amines) is 1. The van der Waals surface area contributed by atoms with E-state index in [0.717, 1.165) is 41.7 Å². The average molecular weight is 446 g/mol. The lowest BCUT2D eigenvalue weighted by Crippen LogP contribution is -2.39. The summed E-state index contributed by atoms with van der Waals surface area (Å²) in [6.07, 6.45) is 4.01. The van der Waals surface area contributed by atoms with Gasteiger partial charge in [-0.2, -0.15) is 0 Å². The lowest BCUT2D eigenvalue weighted by Gasteiger charge is -2.36. The standard InChI is InChI=1S/C22H24ClN3OS2/c1-16(17-5-3-2-4-6-17)26-12-9-18(10-13-26)27-21-8-7-19(15-20(21)23)29-25-22-24-11-14-28-22/h2-8,11,14-16,18H,9-10,12-13H2,1H3,(H,24,25). The zero-order valence-electron chi connectivity index (χ0n) is 16.3. The third-order valence-corrected chi connectivity index (χ3v) is 7.09. The van der Waals surface area contributed by atoms with Crippen molar-refractivity contribution in [2.45, 2.75) is 36.8 Å². The van der Waals surface area contributed by atoms with Crippen molar-refractivity contribution in [2.75, 3.05) is 17.8 Å². The van der Waals surface area contributed by atoms with E-state index in [-0.39, 0.29) is 6.10 Å². The minimum Gasteiger partial charge on any atom is -0.489 e. The molecule has 152 valence electrons. The highest BCUT2D eigenvalue weighted by atomic mass is 35.5. The molecule has 2 aromatic carbocycles. The van der Waals surface area contributed by atoms with Crippen molar-refractivity contribution < 1.29 is 4.74 Å². The Bertz CT molecular complexity index is 900. The van der Waals surface area contributed by atoms with Gasteiger partial charge in [-0.25, -0.2) is 4.98 Å². The van der Waals surface area contributed by atoms with Crippen molar-refractivity contribution in [1.29, 1.82) is 0 Å².